The molecule has 1 saturated heterocycles. The number of carbonyl (C=O) groups excluding carboxylic acids is 1. The van der Waals surface area contributed by atoms with E-state index in [4.69, 9.17) is 4.74 Å². The fourth-order valence-corrected chi connectivity index (χ4v) is 1.98. The van der Waals surface area contributed by atoms with Gasteiger partial charge in [0, 0.05) is 19.4 Å². The average molecular weight is 259 g/mol. The van der Waals surface area contributed by atoms with Crippen molar-refractivity contribution in [2.45, 2.75) is 18.9 Å². The number of aldehydes is 1. The van der Waals surface area contributed by atoms with Crippen LogP contribution in [0.4, 0.5) is 0 Å². The van der Waals surface area contributed by atoms with E-state index < -0.39 is 0 Å². The molecule has 76 valence electrons. The Morgan fingerprint density at radius 2 is 2.29 bits per heavy atom. The third-order valence-corrected chi connectivity index (χ3v) is 3.02. The molecule has 0 aromatic carbocycles. The van der Waals surface area contributed by atoms with Crippen LogP contribution >= 0.6 is 15.9 Å². The third-order valence-electron chi connectivity index (χ3n) is 2.40. The number of hydrogen-bond acceptors (Lipinski definition) is 3. The molecule has 0 unspecified atom stereocenters. The Balaban J connectivity index is 2.18. The first-order valence-electron chi connectivity index (χ1n) is 4.59. The van der Waals surface area contributed by atoms with Crippen molar-refractivity contribution in [2.75, 3.05) is 13.2 Å². The van der Waals surface area contributed by atoms with Gasteiger partial charge in [0.15, 0.2) is 6.29 Å². The zero-order valence-electron chi connectivity index (χ0n) is 7.65. The van der Waals surface area contributed by atoms with E-state index in [2.05, 4.69) is 21.0 Å². The molecule has 0 bridgehead atoms. The van der Waals surface area contributed by atoms with Crippen molar-refractivity contribution in [1.82, 2.24) is 9.78 Å². The van der Waals surface area contributed by atoms with Gasteiger partial charge in [-0.05, 0) is 28.8 Å². The van der Waals surface area contributed by atoms with Gasteiger partial charge in [-0.2, -0.15) is 5.10 Å². The largest absolute Gasteiger partial charge is 0.381 e. The zero-order valence-corrected chi connectivity index (χ0v) is 9.24. The van der Waals surface area contributed by atoms with E-state index in [0.717, 1.165) is 32.3 Å². The molecular weight excluding hydrogens is 248 g/mol. The van der Waals surface area contributed by atoms with E-state index in [-0.39, 0.29) is 0 Å². The first kappa shape index (κ1) is 9.86. The van der Waals surface area contributed by atoms with E-state index in [1.165, 1.54) is 0 Å². The molecular formula is C9H11BrN2O2. The molecule has 0 aliphatic carbocycles. The first-order chi connectivity index (χ1) is 6.81. The van der Waals surface area contributed by atoms with Gasteiger partial charge in [-0.15, -0.1) is 0 Å². The predicted octanol–water partition coefficient (Wildman–Crippen LogP) is 1.81. The second-order valence-corrected chi connectivity index (χ2v) is 4.07. The third kappa shape index (κ3) is 1.88. The number of ether oxygens (including phenoxy) is 1. The lowest BCUT2D eigenvalue weighted by Crippen LogP contribution is -2.19. The molecule has 0 saturated carbocycles. The molecule has 4 nitrogen and oxygen atoms in total. The molecule has 0 amide bonds. The second kappa shape index (κ2) is 4.23. The van der Waals surface area contributed by atoms with Gasteiger partial charge in [-0.25, -0.2) is 0 Å². The van der Waals surface area contributed by atoms with Crippen molar-refractivity contribution in [1.29, 1.82) is 0 Å². The highest BCUT2D eigenvalue weighted by atomic mass is 79.9. The van der Waals surface area contributed by atoms with Gasteiger partial charge in [-0.3, -0.25) is 9.48 Å². The maximum atomic E-state index is 10.6. The van der Waals surface area contributed by atoms with Gasteiger partial charge in [0.05, 0.1) is 11.6 Å². The highest BCUT2D eigenvalue weighted by molar-refractivity contribution is 9.10. The summed E-state index contributed by atoms with van der Waals surface area (Å²) in [6, 6.07) is 0.369. The Kier molecular flexibility index (Phi) is 2.98. The molecule has 0 radical (unpaired) electrons. The van der Waals surface area contributed by atoms with E-state index >= 15 is 0 Å². The molecule has 14 heavy (non-hydrogen) atoms. The van der Waals surface area contributed by atoms with Crippen LogP contribution in [0.3, 0.4) is 0 Å². The minimum absolute atomic E-state index is 0.369. The fourth-order valence-electron chi connectivity index (χ4n) is 1.60. The number of carbonyl (C=O) groups is 1. The fraction of sp³-hybridized carbons (Fsp3) is 0.556. The standard InChI is InChI=1S/C9H11BrN2O2/c10-9-7(6-13)5-12(11-9)8-1-3-14-4-2-8/h5-6,8H,1-4H2. The van der Waals surface area contributed by atoms with Crippen LogP contribution in [-0.2, 0) is 4.74 Å². The Labute approximate surface area is 90.4 Å². The molecule has 0 N–H and O–H groups in total. The lowest BCUT2D eigenvalue weighted by molar-refractivity contribution is 0.0661. The average Bonchev–Trinajstić information content (AvgIpc) is 2.61. The minimum atomic E-state index is 0.369. The summed E-state index contributed by atoms with van der Waals surface area (Å²) in [5.74, 6) is 0. The van der Waals surface area contributed by atoms with Crippen molar-refractivity contribution < 1.29 is 9.53 Å². The maximum absolute atomic E-state index is 10.6. The second-order valence-electron chi connectivity index (χ2n) is 3.32. The van der Waals surface area contributed by atoms with Gasteiger partial charge in [0.2, 0.25) is 0 Å². The van der Waals surface area contributed by atoms with Crippen LogP contribution in [-0.4, -0.2) is 29.3 Å². The van der Waals surface area contributed by atoms with E-state index in [9.17, 15) is 4.79 Å². The SMILES string of the molecule is O=Cc1cn(C2CCOCC2)nc1Br. The molecule has 1 fully saturated rings. The van der Waals surface area contributed by atoms with Gasteiger partial charge in [-0.1, -0.05) is 0 Å². The molecule has 2 heterocycles. The summed E-state index contributed by atoms with van der Waals surface area (Å²) in [6.45, 7) is 1.55. The van der Waals surface area contributed by atoms with Crippen LogP contribution in [0.5, 0.6) is 0 Å². The van der Waals surface area contributed by atoms with Crippen molar-refractivity contribution in [3.8, 4) is 0 Å². The summed E-state index contributed by atoms with van der Waals surface area (Å²) >= 11 is 3.25. The summed E-state index contributed by atoms with van der Waals surface area (Å²) in [6.07, 6.45) is 4.53. The number of rotatable bonds is 2. The summed E-state index contributed by atoms with van der Waals surface area (Å²) < 4.78 is 7.74. The first-order valence-corrected chi connectivity index (χ1v) is 5.38. The van der Waals surface area contributed by atoms with E-state index in [1.807, 2.05) is 4.68 Å². The van der Waals surface area contributed by atoms with Gasteiger partial charge < -0.3 is 4.74 Å². The molecule has 0 spiro atoms. The van der Waals surface area contributed by atoms with Crippen LogP contribution in [0.2, 0.25) is 0 Å². The summed E-state index contributed by atoms with van der Waals surface area (Å²) in [5, 5.41) is 4.25. The minimum Gasteiger partial charge on any atom is -0.381 e. The smallest absolute Gasteiger partial charge is 0.154 e. The predicted molar refractivity (Wildman–Crippen MR) is 54.4 cm³/mol. The van der Waals surface area contributed by atoms with Crippen LogP contribution in [0.15, 0.2) is 10.8 Å². The quantitative estimate of drug-likeness (QED) is 0.761. The van der Waals surface area contributed by atoms with Crippen molar-refractivity contribution in [3.05, 3.63) is 16.4 Å². The number of halogens is 1. The Morgan fingerprint density at radius 3 is 2.86 bits per heavy atom. The zero-order chi connectivity index (χ0) is 9.97. The Morgan fingerprint density at radius 1 is 1.57 bits per heavy atom. The number of aromatic nitrogens is 2. The normalized spacial score (nSPS) is 18.4. The van der Waals surface area contributed by atoms with Gasteiger partial charge in [0.1, 0.15) is 4.60 Å². The molecule has 1 aromatic rings. The molecule has 0 atom stereocenters. The Hall–Kier alpha value is -0.680. The summed E-state index contributed by atoms with van der Waals surface area (Å²) in [4.78, 5) is 10.6. The van der Waals surface area contributed by atoms with Crippen LogP contribution in [0, 0.1) is 0 Å². The number of nitrogens with zero attached hydrogens (tertiary/aromatic N) is 2. The number of hydrogen-bond donors (Lipinski definition) is 0. The molecule has 5 heteroatoms. The van der Waals surface area contributed by atoms with Crippen molar-refractivity contribution >= 4 is 22.2 Å². The Bertz CT molecular complexity index is 332. The lowest BCUT2D eigenvalue weighted by Gasteiger charge is -2.22. The van der Waals surface area contributed by atoms with Crippen LogP contribution in [0.1, 0.15) is 29.2 Å². The van der Waals surface area contributed by atoms with Crippen LogP contribution < -0.4 is 0 Å². The summed E-state index contributed by atoms with van der Waals surface area (Å²) in [7, 11) is 0. The maximum Gasteiger partial charge on any atom is 0.154 e. The van der Waals surface area contributed by atoms with Crippen LogP contribution in [0.25, 0.3) is 0 Å². The van der Waals surface area contributed by atoms with Crippen molar-refractivity contribution in [2.24, 2.45) is 0 Å². The molecule has 1 aliphatic rings. The van der Waals surface area contributed by atoms with E-state index in [1.54, 1.807) is 6.20 Å². The van der Waals surface area contributed by atoms with Gasteiger partial charge in [0.25, 0.3) is 0 Å². The topological polar surface area (TPSA) is 44.1 Å². The van der Waals surface area contributed by atoms with Crippen molar-refractivity contribution in [3.63, 3.8) is 0 Å². The van der Waals surface area contributed by atoms with Gasteiger partial charge >= 0.3 is 0 Å². The molecule has 1 aliphatic heterocycles. The molecule has 2 rings (SSSR count). The molecule has 1 aromatic heterocycles. The highest BCUT2D eigenvalue weighted by Gasteiger charge is 2.17. The lowest BCUT2D eigenvalue weighted by atomic mass is 10.1. The highest BCUT2D eigenvalue weighted by Crippen LogP contribution is 2.22. The monoisotopic (exact) mass is 258 g/mol. The summed E-state index contributed by atoms with van der Waals surface area (Å²) in [5.41, 5.74) is 0.608. The van der Waals surface area contributed by atoms with E-state index in [0.29, 0.717) is 16.2 Å².